The highest BCUT2D eigenvalue weighted by Gasteiger charge is 2.26. The minimum absolute atomic E-state index is 0.0754. The molecule has 6 nitrogen and oxygen atoms in total. The smallest absolute Gasteiger partial charge is 0.275 e. The number of phenols is 3. The van der Waals surface area contributed by atoms with Crippen LogP contribution in [0.4, 0.5) is 0 Å². The molecule has 6 heteroatoms. The van der Waals surface area contributed by atoms with Gasteiger partial charge in [0.2, 0.25) is 0 Å². The molecule has 4 N–H and O–H groups in total. The molecule has 0 fully saturated rings. The number of benzene rings is 2. The van der Waals surface area contributed by atoms with Crippen LogP contribution in [0.2, 0.25) is 0 Å². The van der Waals surface area contributed by atoms with Crippen molar-refractivity contribution < 1.29 is 20.1 Å². The van der Waals surface area contributed by atoms with Gasteiger partial charge in [-0.3, -0.25) is 4.79 Å². The van der Waals surface area contributed by atoms with Crippen molar-refractivity contribution in [2.75, 3.05) is 0 Å². The highest BCUT2D eigenvalue weighted by Crippen LogP contribution is 2.39. The molecule has 0 aliphatic rings. The molecular formula is C22H28N2O4. The van der Waals surface area contributed by atoms with Crippen molar-refractivity contribution in [3.05, 3.63) is 52.6 Å². The van der Waals surface area contributed by atoms with E-state index in [-0.39, 0.29) is 33.6 Å². The second-order valence-corrected chi connectivity index (χ2v) is 8.87. The molecule has 1 amide bonds. The van der Waals surface area contributed by atoms with Gasteiger partial charge in [0.1, 0.15) is 17.2 Å². The van der Waals surface area contributed by atoms with Crippen molar-refractivity contribution in [1.82, 2.24) is 5.43 Å². The number of amides is 1. The van der Waals surface area contributed by atoms with Gasteiger partial charge >= 0.3 is 0 Å². The zero-order valence-electron chi connectivity index (χ0n) is 17.2. The molecule has 2 rings (SSSR count). The number of phenolic OH excluding ortho intramolecular Hbond substituents is 3. The predicted molar refractivity (Wildman–Crippen MR) is 110 cm³/mol. The van der Waals surface area contributed by atoms with E-state index in [1.807, 2.05) is 53.7 Å². The van der Waals surface area contributed by atoms with Crippen molar-refractivity contribution >= 4 is 12.1 Å². The van der Waals surface area contributed by atoms with Gasteiger partial charge in [-0.25, -0.2) is 5.43 Å². The zero-order valence-corrected chi connectivity index (χ0v) is 17.2. The highest BCUT2D eigenvalue weighted by atomic mass is 16.3. The highest BCUT2D eigenvalue weighted by molar-refractivity contribution is 5.97. The van der Waals surface area contributed by atoms with Crippen LogP contribution in [0.15, 0.2) is 35.4 Å². The molecule has 0 atom stereocenters. The second kappa shape index (κ2) is 7.54. The van der Waals surface area contributed by atoms with E-state index in [4.69, 9.17) is 0 Å². The Morgan fingerprint density at radius 3 is 1.96 bits per heavy atom. The van der Waals surface area contributed by atoms with Crippen LogP contribution in [0, 0.1) is 0 Å². The Labute approximate surface area is 165 Å². The fraction of sp³-hybridized carbons (Fsp3) is 0.364. The van der Waals surface area contributed by atoms with Crippen LogP contribution in [-0.2, 0) is 10.8 Å². The summed E-state index contributed by atoms with van der Waals surface area (Å²) in [5.41, 5.74) is 4.03. The molecule has 0 bridgehead atoms. The third kappa shape index (κ3) is 4.82. The maximum absolute atomic E-state index is 12.2. The molecule has 0 saturated carbocycles. The van der Waals surface area contributed by atoms with Crippen LogP contribution in [-0.4, -0.2) is 27.4 Å². The lowest BCUT2D eigenvalue weighted by atomic mass is 9.78. The minimum atomic E-state index is -0.643. The number of aromatic hydroxyl groups is 3. The van der Waals surface area contributed by atoms with E-state index in [1.54, 1.807) is 0 Å². The molecule has 0 unspecified atom stereocenters. The number of hydrazone groups is 1. The maximum Gasteiger partial charge on any atom is 0.275 e. The monoisotopic (exact) mass is 384 g/mol. The largest absolute Gasteiger partial charge is 0.508 e. The van der Waals surface area contributed by atoms with Gasteiger partial charge in [0, 0.05) is 11.1 Å². The molecule has 150 valence electrons. The Morgan fingerprint density at radius 2 is 1.46 bits per heavy atom. The van der Waals surface area contributed by atoms with Gasteiger partial charge in [-0.1, -0.05) is 41.5 Å². The van der Waals surface area contributed by atoms with E-state index in [1.165, 1.54) is 18.3 Å². The number of nitrogens with zero attached hydrogens (tertiary/aromatic N) is 1. The molecule has 2 aromatic carbocycles. The number of nitrogens with one attached hydrogen (secondary N) is 1. The van der Waals surface area contributed by atoms with Crippen molar-refractivity contribution in [3.8, 4) is 17.2 Å². The molecule has 28 heavy (non-hydrogen) atoms. The van der Waals surface area contributed by atoms with E-state index >= 15 is 0 Å². The third-order valence-electron chi connectivity index (χ3n) is 4.35. The van der Waals surface area contributed by atoms with Crippen LogP contribution in [0.5, 0.6) is 17.2 Å². The lowest BCUT2D eigenvalue weighted by Crippen LogP contribution is -2.19. The summed E-state index contributed by atoms with van der Waals surface area (Å²) in [7, 11) is 0. The van der Waals surface area contributed by atoms with E-state index in [0.29, 0.717) is 0 Å². The first-order valence-electron chi connectivity index (χ1n) is 9.04. The standard InChI is InChI=1S/C22H28N2O4/c1-21(2,3)16-9-13(10-17(19(16)27)22(4,5)6)12-23-24-20(28)15-11-14(25)7-8-18(15)26/h7-12,25-27H,1-6H3,(H,24,28)/b23-12+. The Bertz CT molecular complexity index is 884. The average molecular weight is 384 g/mol. The Kier molecular flexibility index (Phi) is 5.73. The Hall–Kier alpha value is -3.02. The van der Waals surface area contributed by atoms with Crippen molar-refractivity contribution in [2.45, 2.75) is 52.4 Å². The van der Waals surface area contributed by atoms with Gasteiger partial charge in [0.05, 0.1) is 11.8 Å². The molecule has 0 aliphatic carbocycles. The molecule has 2 aromatic rings. The zero-order chi connectivity index (χ0) is 21.3. The van der Waals surface area contributed by atoms with Gasteiger partial charge in [0.15, 0.2) is 0 Å². The summed E-state index contributed by atoms with van der Waals surface area (Å²) in [5, 5.41) is 33.9. The van der Waals surface area contributed by atoms with Crippen LogP contribution in [0.3, 0.4) is 0 Å². The molecule has 0 radical (unpaired) electrons. The van der Waals surface area contributed by atoms with Crippen LogP contribution >= 0.6 is 0 Å². The van der Waals surface area contributed by atoms with Crippen molar-refractivity contribution in [3.63, 3.8) is 0 Å². The molecule has 0 aliphatic heterocycles. The fourth-order valence-electron chi connectivity index (χ4n) is 2.81. The summed E-state index contributed by atoms with van der Waals surface area (Å²) in [4.78, 5) is 12.2. The summed E-state index contributed by atoms with van der Waals surface area (Å²) in [5.74, 6) is -0.753. The topological polar surface area (TPSA) is 102 Å². The lowest BCUT2D eigenvalue weighted by Gasteiger charge is -2.27. The molecule has 0 saturated heterocycles. The van der Waals surface area contributed by atoms with E-state index in [2.05, 4.69) is 10.5 Å². The number of carbonyl (C=O) groups excluding carboxylic acids is 1. The summed E-state index contributed by atoms with van der Waals surface area (Å²) in [6, 6.07) is 7.36. The van der Waals surface area contributed by atoms with E-state index in [9.17, 15) is 20.1 Å². The Morgan fingerprint density at radius 1 is 0.929 bits per heavy atom. The summed E-state index contributed by atoms with van der Waals surface area (Å²) < 4.78 is 0. The first-order chi connectivity index (χ1) is 12.8. The SMILES string of the molecule is CC(C)(C)c1cc(/C=N/NC(=O)c2cc(O)ccc2O)cc(C(C)(C)C)c1O. The van der Waals surface area contributed by atoms with Gasteiger partial charge in [-0.05, 0) is 46.7 Å². The first kappa shape index (κ1) is 21.3. The lowest BCUT2D eigenvalue weighted by molar-refractivity contribution is 0.0952. The van der Waals surface area contributed by atoms with E-state index in [0.717, 1.165) is 22.8 Å². The Balaban J connectivity index is 2.35. The first-order valence-corrected chi connectivity index (χ1v) is 9.04. The third-order valence-corrected chi connectivity index (χ3v) is 4.35. The molecule has 0 heterocycles. The minimum Gasteiger partial charge on any atom is -0.508 e. The molecular weight excluding hydrogens is 356 g/mol. The number of carbonyl (C=O) groups is 1. The van der Waals surface area contributed by atoms with Gasteiger partial charge < -0.3 is 15.3 Å². The van der Waals surface area contributed by atoms with Crippen molar-refractivity contribution in [1.29, 1.82) is 0 Å². The number of rotatable bonds is 3. The van der Waals surface area contributed by atoms with Gasteiger partial charge in [-0.2, -0.15) is 5.10 Å². The van der Waals surface area contributed by atoms with Crippen LogP contribution < -0.4 is 5.43 Å². The summed E-state index contributed by atoms with van der Waals surface area (Å²) in [6.45, 7) is 12.1. The quantitative estimate of drug-likeness (QED) is 0.362. The van der Waals surface area contributed by atoms with Crippen LogP contribution in [0.25, 0.3) is 0 Å². The predicted octanol–water partition coefficient (Wildman–Crippen LogP) is 4.16. The maximum atomic E-state index is 12.2. The molecule has 0 spiro atoms. The summed E-state index contributed by atoms with van der Waals surface area (Å²) in [6.07, 6.45) is 1.49. The number of hydrogen-bond acceptors (Lipinski definition) is 5. The average Bonchev–Trinajstić information content (AvgIpc) is 2.56. The normalized spacial score (nSPS) is 12.4. The van der Waals surface area contributed by atoms with Crippen LogP contribution in [0.1, 0.15) is 68.6 Å². The van der Waals surface area contributed by atoms with Gasteiger partial charge in [0.25, 0.3) is 5.91 Å². The van der Waals surface area contributed by atoms with E-state index < -0.39 is 5.91 Å². The van der Waals surface area contributed by atoms with Gasteiger partial charge in [-0.15, -0.1) is 0 Å². The second-order valence-electron chi connectivity index (χ2n) is 8.87. The van der Waals surface area contributed by atoms with Crippen molar-refractivity contribution in [2.24, 2.45) is 5.10 Å². The fourth-order valence-corrected chi connectivity index (χ4v) is 2.81. The summed E-state index contributed by atoms with van der Waals surface area (Å²) >= 11 is 0. The molecule has 0 aromatic heterocycles. The number of hydrogen-bond donors (Lipinski definition) is 4.